The van der Waals surface area contributed by atoms with E-state index >= 15 is 0 Å². The van der Waals surface area contributed by atoms with Gasteiger partial charge in [0.15, 0.2) is 17.1 Å². The van der Waals surface area contributed by atoms with E-state index < -0.39 is 5.97 Å². The number of aromatic nitrogens is 1. The van der Waals surface area contributed by atoms with E-state index in [-0.39, 0.29) is 5.56 Å². The number of nitrogens with zero attached hydrogens (tertiary/aromatic N) is 1. The maximum atomic E-state index is 11.8. The Hall–Kier alpha value is -3.05. The number of carbonyl (C=O) groups is 1. The highest BCUT2D eigenvalue weighted by molar-refractivity contribution is 6.36. The maximum Gasteiger partial charge on any atom is 0.336 e. The minimum atomic E-state index is -1.07. The van der Waals surface area contributed by atoms with Crippen LogP contribution >= 0.6 is 11.6 Å². The molecule has 6 heteroatoms. The molecule has 4 aromatic rings. The largest absolute Gasteiger partial charge is 0.493 e. The van der Waals surface area contributed by atoms with Gasteiger partial charge < -0.3 is 14.3 Å². The minimum absolute atomic E-state index is 0.0890. The number of aromatic carboxylic acids is 1. The van der Waals surface area contributed by atoms with Crippen molar-refractivity contribution in [3.05, 3.63) is 58.6 Å². The molecule has 0 fully saturated rings. The molecule has 5 nitrogen and oxygen atoms in total. The smallest absolute Gasteiger partial charge is 0.336 e. The number of methoxy groups -OCH3 is 1. The van der Waals surface area contributed by atoms with Crippen molar-refractivity contribution < 1.29 is 19.1 Å². The molecular weight excluding hydrogens is 354 g/mol. The quantitative estimate of drug-likeness (QED) is 0.530. The number of rotatable bonds is 3. The maximum absolute atomic E-state index is 11.8. The first-order valence-corrected chi connectivity index (χ1v) is 8.27. The first-order chi connectivity index (χ1) is 12.5. The summed E-state index contributed by atoms with van der Waals surface area (Å²) in [5.74, 6) is 0.000314. The van der Waals surface area contributed by atoms with Crippen LogP contribution in [-0.4, -0.2) is 23.2 Å². The number of carboxylic acids is 1. The summed E-state index contributed by atoms with van der Waals surface area (Å²) in [5, 5.41) is 11.3. The Morgan fingerprint density at radius 2 is 2.04 bits per heavy atom. The van der Waals surface area contributed by atoms with Gasteiger partial charge in [0.25, 0.3) is 0 Å². The molecule has 0 aliphatic rings. The standard InChI is InChI=1S/C20H14ClNO4/c1-10-6-7-13(21)17-12(20(23)24)9-14(22-18(10)17)16-8-11-4-3-5-15(25-2)19(11)26-16/h3-9H,1-2H3,(H,23,24). The summed E-state index contributed by atoms with van der Waals surface area (Å²) in [6.07, 6.45) is 0. The van der Waals surface area contributed by atoms with Gasteiger partial charge in [0.05, 0.1) is 23.2 Å². The van der Waals surface area contributed by atoms with Crippen LogP contribution in [0.1, 0.15) is 15.9 Å². The second-order valence-electron chi connectivity index (χ2n) is 5.94. The van der Waals surface area contributed by atoms with Crippen molar-refractivity contribution in [2.24, 2.45) is 0 Å². The minimum Gasteiger partial charge on any atom is -0.493 e. The van der Waals surface area contributed by atoms with Crippen LogP contribution in [0.5, 0.6) is 5.75 Å². The molecule has 0 bridgehead atoms. The lowest BCUT2D eigenvalue weighted by molar-refractivity contribution is 0.0699. The first kappa shape index (κ1) is 16.4. The average molecular weight is 368 g/mol. The molecule has 0 spiro atoms. The molecule has 2 aromatic heterocycles. The van der Waals surface area contributed by atoms with Gasteiger partial charge >= 0.3 is 5.97 Å². The lowest BCUT2D eigenvalue weighted by Gasteiger charge is -2.09. The molecule has 2 heterocycles. The van der Waals surface area contributed by atoms with E-state index in [0.29, 0.717) is 38.7 Å². The second kappa shape index (κ2) is 6.04. The normalized spacial score (nSPS) is 11.2. The van der Waals surface area contributed by atoms with Crippen molar-refractivity contribution in [1.29, 1.82) is 0 Å². The number of fused-ring (bicyclic) bond motifs is 2. The van der Waals surface area contributed by atoms with Gasteiger partial charge in [0.2, 0.25) is 0 Å². The van der Waals surface area contributed by atoms with Gasteiger partial charge in [-0.25, -0.2) is 9.78 Å². The number of carboxylic acid groups (broad SMARTS) is 1. The molecule has 0 aliphatic heterocycles. The fourth-order valence-electron chi connectivity index (χ4n) is 3.05. The number of para-hydroxylation sites is 1. The summed E-state index contributed by atoms with van der Waals surface area (Å²) in [5.41, 5.74) is 2.48. The lowest BCUT2D eigenvalue weighted by atomic mass is 10.0. The fourth-order valence-corrected chi connectivity index (χ4v) is 3.31. The fraction of sp³-hybridized carbons (Fsp3) is 0.100. The number of aryl methyl sites for hydroxylation is 1. The third-order valence-corrected chi connectivity index (χ3v) is 4.64. The molecule has 0 saturated carbocycles. The number of ether oxygens (including phenoxy) is 1. The van der Waals surface area contributed by atoms with E-state index in [1.165, 1.54) is 6.07 Å². The Bertz CT molecular complexity index is 1180. The van der Waals surface area contributed by atoms with Crippen molar-refractivity contribution in [3.8, 4) is 17.2 Å². The Balaban J connectivity index is 2.04. The molecule has 0 aliphatic carbocycles. The van der Waals surface area contributed by atoms with E-state index in [1.54, 1.807) is 19.2 Å². The molecule has 26 heavy (non-hydrogen) atoms. The van der Waals surface area contributed by atoms with Crippen LogP contribution in [0.4, 0.5) is 0 Å². The lowest BCUT2D eigenvalue weighted by Crippen LogP contribution is -2.01. The zero-order valence-electron chi connectivity index (χ0n) is 14.0. The van der Waals surface area contributed by atoms with Gasteiger partial charge in [0.1, 0.15) is 5.69 Å². The third-order valence-electron chi connectivity index (χ3n) is 4.32. The van der Waals surface area contributed by atoms with Crippen molar-refractivity contribution in [1.82, 2.24) is 4.98 Å². The predicted molar refractivity (Wildman–Crippen MR) is 100 cm³/mol. The Morgan fingerprint density at radius 1 is 1.23 bits per heavy atom. The topological polar surface area (TPSA) is 72.6 Å². The average Bonchev–Trinajstić information content (AvgIpc) is 3.08. The highest BCUT2D eigenvalue weighted by Crippen LogP contribution is 2.36. The summed E-state index contributed by atoms with van der Waals surface area (Å²) >= 11 is 6.24. The van der Waals surface area contributed by atoms with E-state index in [2.05, 4.69) is 4.98 Å². The number of furan rings is 1. The van der Waals surface area contributed by atoms with Crippen molar-refractivity contribution in [3.63, 3.8) is 0 Å². The SMILES string of the molecule is COc1cccc2cc(-c3cc(C(=O)O)c4c(Cl)ccc(C)c4n3)oc12. The van der Waals surface area contributed by atoms with Gasteiger partial charge in [-0.2, -0.15) is 0 Å². The van der Waals surface area contributed by atoms with E-state index in [9.17, 15) is 9.90 Å². The highest BCUT2D eigenvalue weighted by atomic mass is 35.5. The summed E-state index contributed by atoms with van der Waals surface area (Å²) in [6, 6.07) is 12.4. The predicted octanol–water partition coefficient (Wildman–Crippen LogP) is 5.32. The molecular formula is C20H14ClNO4. The number of pyridine rings is 1. The van der Waals surface area contributed by atoms with Gasteiger partial charge in [0, 0.05) is 10.8 Å². The van der Waals surface area contributed by atoms with Crippen LogP contribution in [0, 0.1) is 6.92 Å². The van der Waals surface area contributed by atoms with Crippen molar-refractivity contribution >= 4 is 39.4 Å². The first-order valence-electron chi connectivity index (χ1n) is 7.89. The molecule has 0 atom stereocenters. The van der Waals surface area contributed by atoms with Gasteiger partial charge in [-0.05, 0) is 36.8 Å². The van der Waals surface area contributed by atoms with Crippen LogP contribution in [0.2, 0.25) is 5.02 Å². The second-order valence-corrected chi connectivity index (χ2v) is 6.34. The Labute approximate surface area is 153 Å². The molecule has 0 saturated heterocycles. The number of hydrogen-bond acceptors (Lipinski definition) is 4. The molecule has 0 unspecified atom stereocenters. The van der Waals surface area contributed by atoms with Gasteiger partial charge in [-0.15, -0.1) is 0 Å². The molecule has 0 amide bonds. The highest BCUT2D eigenvalue weighted by Gasteiger charge is 2.19. The third kappa shape index (κ3) is 2.48. The van der Waals surface area contributed by atoms with Crippen molar-refractivity contribution in [2.75, 3.05) is 7.11 Å². The molecule has 2 aromatic carbocycles. The Morgan fingerprint density at radius 3 is 2.77 bits per heavy atom. The number of hydrogen-bond donors (Lipinski definition) is 1. The molecule has 4 rings (SSSR count). The van der Waals surface area contributed by atoms with Crippen LogP contribution in [-0.2, 0) is 0 Å². The van der Waals surface area contributed by atoms with Crippen LogP contribution in [0.15, 0.2) is 46.9 Å². The number of halogens is 1. The van der Waals surface area contributed by atoms with Crippen LogP contribution in [0.3, 0.4) is 0 Å². The van der Waals surface area contributed by atoms with E-state index in [4.69, 9.17) is 20.8 Å². The Kier molecular flexibility index (Phi) is 3.81. The van der Waals surface area contributed by atoms with Crippen LogP contribution < -0.4 is 4.74 Å². The summed E-state index contributed by atoms with van der Waals surface area (Å²) < 4.78 is 11.2. The summed E-state index contributed by atoms with van der Waals surface area (Å²) in [6.45, 7) is 1.86. The molecule has 1 N–H and O–H groups in total. The van der Waals surface area contributed by atoms with Gasteiger partial charge in [-0.3, -0.25) is 0 Å². The van der Waals surface area contributed by atoms with Gasteiger partial charge in [-0.1, -0.05) is 29.8 Å². The monoisotopic (exact) mass is 367 g/mol. The molecule has 0 radical (unpaired) electrons. The van der Waals surface area contributed by atoms with E-state index in [0.717, 1.165) is 10.9 Å². The van der Waals surface area contributed by atoms with E-state index in [1.807, 2.05) is 31.2 Å². The van der Waals surface area contributed by atoms with Crippen molar-refractivity contribution in [2.45, 2.75) is 6.92 Å². The van der Waals surface area contributed by atoms with Crippen LogP contribution in [0.25, 0.3) is 33.3 Å². The zero-order valence-corrected chi connectivity index (χ0v) is 14.8. The molecule has 130 valence electrons. The summed E-state index contributed by atoms with van der Waals surface area (Å²) in [4.78, 5) is 16.4. The zero-order chi connectivity index (χ0) is 18.4. The number of benzene rings is 2. The summed E-state index contributed by atoms with van der Waals surface area (Å²) in [7, 11) is 1.57.